The van der Waals surface area contributed by atoms with E-state index in [1.807, 2.05) is 0 Å². The summed E-state index contributed by atoms with van der Waals surface area (Å²) in [5.41, 5.74) is 0. The number of hydrogen-bond acceptors (Lipinski definition) is 5. The number of aliphatic carboxylic acids is 1. The fourth-order valence-corrected chi connectivity index (χ4v) is 4.57. The summed E-state index contributed by atoms with van der Waals surface area (Å²) in [5.74, 6) is -1.19. The molecule has 6 unspecified atom stereocenters. The van der Waals surface area contributed by atoms with Crippen LogP contribution in [0.3, 0.4) is 0 Å². The Hall–Kier alpha value is -0.950. The number of rotatable bonds is 17. The second-order valence-electron chi connectivity index (χ2n) is 9.10. The van der Waals surface area contributed by atoms with Crippen molar-refractivity contribution in [3.63, 3.8) is 0 Å². The van der Waals surface area contributed by atoms with Crippen LogP contribution in [-0.2, 0) is 4.79 Å². The van der Waals surface area contributed by atoms with Gasteiger partial charge in [-0.15, -0.1) is 0 Å². The molecule has 1 aliphatic carbocycles. The number of carboxylic acids is 1. The number of nitrogens with one attached hydrogen (secondary N) is 1. The van der Waals surface area contributed by atoms with Gasteiger partial charge in [0.25, 0.3) is 0 Å². The van der Waals surface area contributed by atoms with Crippen LogP contribution in [0, 0.1) is 23.7 Å². The lowest BCUT2D eigenvalue weighted by molar-refractivity contribution is -0.146. The molecule has 0 saturated carbocycles. The van der Waals surface area contributed by atoms with E-state index in [9.17, 15) is 25.2 Å². The highest BCUT2D eigenvalue weighted by Crippen LogP contribution is 2.30. The minimum Gasteiger partial charge on any atom is -0.481 e. The Balaban J connectivity index is 2.31. The summed E-state index contributed by atoms with van der Waals surface area (Å²) in [6.07, 6.45) is 13.2. The molecule has 6 heteroatoms. The first-order chi connectivity index (χ1) is 14.4. The van der Waals surface area contributed by atoms with E-state index in [0.717, 1.165) is 32.1 Å². The van der Waals surface area contributed by atoms with Gasteiger partial charge in [-0.1, -0.05) is 57.6 Å². The Morgan fingerprint density at radius 1 is 1.13 bits per heavy atom. The minimum atomic E-state index is -0.969. The number of allylic oxidation sites excluding steroid dienone is 1. The van der Waals surface area contributed by atoms with Crippen LogP contribution in [0.25, 0.3) is 0 Å². The van der Waals surface area contributed by atoms with Crippen molar-refractivity contribution in [2.75, 3.05) is 20.2 Å². The lowest BCUT2D eigenvalue weighted by Crippen LogP contribution is -2.33. The molecule has 0 aromatic carbocycles. The lowest BCUT2D eigenvalue weighted by atomic mass is 9.81. The molecule has 0 bridgehead atoms. The normalized spacial score (nSPS) is 24.5. The van der Waals surface area contributed by atoms with Crippen LogP contribution in [0.4, 0.5) is 0 Å². The quantitative estimate of drug-likeness (QED) is 0.180. The smallest absolute Gasteiger partial charge is 0.309 e. The number of carboxylic acid groups (broad SMARTS) is 1. The lowest BCUT2D eigenvalue weighted by Gasteiger charge is -2.28. The molecule has 0 spiro atoms. The molecule has 176 valence electrons. The SMILES string of the molecule is CCCCCC1C=CC(CCCCCC(C(=O)O)C(O)CC(CO)CNC)C(O)C1. The number of aliphatic hydroxyl groups is 3. The second kappa shape index (κ2) is 15.8. The third-order valence-electron chi connectivity index (χ3n) is 6.51. The molecule has 1 rings (SSSR count). The monoisotopic (exact) mass is 427 g/mol. The van der Waals surface area contributed by atoms with Gasteiger partial charge in [-0.2, -0.15) is 0 Å². The fraction of sp³-hybridized carbons (Fsp3) is 0.875. The molecule has 0 saturated heterocycles. The predicted molar refractivity (Wildman–Crippen MR) is 120 cm³/mol. The average Bonchev–Trinajstić information content (AvgIpc) is 2.71. The molecule has 0 fully saturated rings. The summed E-state index contributed by atoms with van der Waals surface area (Å²) < 4.78 is 0. The molecule has 0 heterocycles. The van der Waals surface area contributed by atoms with Gasteiger partial charge >= 0.3 is 5.97 Å². The molecule has 6 atom stereocenters. The maximum Gasteiger partial charge on any atom is 0.309 e. The molecule has 5 N–H and O–H groups in total. The summed E-state index contributed by atoms with van der Waals surface area (Å²) in [6.45, 7) is 2.69. The highest BCUT2D eigenvalue weighted by Gasteiger charge is 2.28. The van der Waals surface area contributed by atoms with Crippen LogP contribution in [0.2, 0.25) is 0 Å². The Morgan fingerprint density at radius 3 is 2.47 bits per heavy atom. The molecule has 0 aliphatic heterocycles. The van der Waals surface area contributed by atoms with Crippen LogP contribution in [-0.4, -0.2) is 58.8 Å². The van der Waals surface area contributed by atoms with Crippen molar-refractivity contribution >= 4 is 5.97 Å². The van der Waals surface area contributed by atoms with Crippen LogP contribution in [0.5, 0.6) is 0 Å². The van der Waals surface area contributed by atoms with Gasteiger partial charge in [0.2, 0.25) is 0 Å². The Morgan fingerprint density at radius 2 is 1.87 bits per heavy atom. The first-order valence-corrected chi connectivity index (χ1v) is 12.0. The van der Waals surface area contributed by atoms with Crippen molar-refractivity contribution < 1.29 is 25.2 Å². The van der Waals surface area contributed by atoms with Crippen molar-refractivity contribution in [3.05, 3.63) is 12.2 Å². The van der Waals surface area contributed by atoms with Gasteiger partial charge < -0.3 is 25.7 Å². The highest BCUT2D eigenvalue weighted by molar-refractivity contribution is 5.70. The molecule has 0 aromatic rings. The Bertz CT molecular complexity index is 484. The van der Waals surface area contributed by atoms with E-state index in [1.165, 1.54) is 25.7 Å². The van der Waals surface area contributed by atoms with E-state index in [1.54, 1.807) is 7.05 Å². The third kappa shape index (κ3) is 10.4. The minimum absolute atomic E-state index is 0.0685. The summed E-state index contributed by atoms with van der Waals surface area (Å²) in [5, 5.41) is 42.6. The Labute approximate surface area is 182 Å². The van der Waals surface area contributed by atoms with E-state index in [2.05, 4.69) is 24.4 Å². The van der Waals surface area contributed by atoms with Crippen molar-refractivity contribution in [1.82, 2.24) is 5.32 Å². The van der Waals surface area contributed by atoms with Gasteiger partial charge in [-0.25, -0.2) is 0 Å². The van der Waals surface area contributed by atoms with Crippen LogP contribution >= 0.6 is 0 Å². The summed E-state index contributed by atoms with van der Waals surface area (Å²) in [7, 11) is 1.77. The van der Waals surface area contributed by atoms with Crippen molar-refractivity contribution in [2.24, 2.45) is 23.7 Å². The van der Waals surface area contributed by atoms with Crippen molar-refractivity contribution in [3.8, 4) is 0 Å². The number of unbranched alkanes of at least 4 members (excludes halogenated alkanes) is 4. The van der Waals surface area contributed by atoms with Crippen LogP contribution < -0.4 is 5.32 Å². The van der Waals surface area contributed by atoms with E-state index < -0.39 is 18.0 Å². The molecule has 0 radical (unpaired) electrons. The maximum atomic E-state index is 11.6. The maximum absolute atomic E-state index is 11.6. The summed E-state index contributed by atoms with van der Waals surface area (Å²) >= 11 is 0. The molecule has 30 heavy (non-hydrogen) atoms. The zero-order valence-electron chi connectivity index (χ0n) is 19.0. The highest BCUT2D eigenvalue weighted by atomic mass is 16.4. The van der Waals surface area contributed by atoms with Gasteiger partial charge in [0.1, 0.15) is 0 Å². The summed E-state index contributed by atoms with van der Waals surface area (Å²) in [4.78, 5) is 11.6. The molecule has 0 aromatic heterocycles. The number of hydrogen-bond donors (Lipinski definition) is 5. The largest absolute Gasteiger partial charge is 0.481 e. The Kier molecular flexibility index (Phi) is 14.3. The van der Waals surface area contributed by atoms with E-state index >= 15 is 0 Å². The van der Waals surface area contributed by atoms with E-state index in [0.29, 0.717) is 18.9 Å². The predicted octanol–water partition coefficient (Wildman–Crippen LogP) is 3.35. The summed E-state index contributed by atoms with van der Waals surface area (Å²) in [6, 6.07) is 0. The molecular weight excluding hydrogens is 382 g/mol. The van der Waals surface area contributed by atoms with Gasteiger partial charge in [-0.3, -0.25) is 4.79 Å². The first kappa shape index (κ1) is 27.1. The van der Waals surface area contributed by atoms with Gasteiger partial charge in [0, 0.05) is 12.5 Å². The first-order valence-electron chi connectivity index (χ1n) is 12.0. The number of aliphatic hydroxyl groups excluding tert-OH is 3. The molecule has 0 amide bonds. The fourth-order valence-electron chi connectivity index (χ4n) is 4.57. The standard InChI is InChI=1S/C24H45NO5/c1-3-4-6-9-18-12-13-20(22(27)14-18)10-7-5-8-11-21(24(29)30)23(28)15-19(17-26)16-25-2/h12-13,18-23,25-28H,3-11,14-17H2,1-2H3,(H,29,30). The van der Waals surface area contributed by atoms with Gasteiger partial charge in [-0.05, 0) is 57.5 Å². The molecule has 6 nitrogen and oxygen atoms in total. The zero-order chi connectivity index (χ0) is 22.4. The number of carbonyl (C=O) groups is 1. The topological polar surface area (TPSA) is 110 Å². The van der Waals surface area contributed by atoms with Crippen molar-refractivity contribution in [1.29, 1.82) is 0 Å². The van der Waals surface area contributed by atoms with Gasteiger partial charge in [0.05, 0.1) is 18.1 Å². The third-order valence-corrected chi connectivity index (χ3v) is 6.51. The van der Waals surface area contributed by atoms with E-state index in [4.69, 9.17) is 0 Å². The molecular formula is C24H45NO5. The zero-order valence-corrected chi connectivity index (χ0v) is 19.0. The van der Waals surface area contributed by atoms with Crippen LogP contribution in [0.1, 0.15) is 77.6 Å². The van der Waals surface area contributed by atoms with Crippen molar-refractivity contribution in [2.45, 2.75) is 89.8 Å². The molecule has 1 aliphatic rings. The second-order valence-corrected chi connectivity index (χ2v) is 9.10. The average molecular weight is 428 g/mol. The van der Waals surface area contributed by atoms with Gasteiger partial charge in [0.15, 0.2) is 0 Å². The van der Waals surface area contributed by atoms with Crippen LogP contribution in [0.15, 0.2) is 12.2 Å². The van der Waals surface area contributed by atoms with E-state index in [-0.39, 0.29) is 31.0 Å².